The summed E-state index contributed by atoms with van der Waals surface area (Å²) in [6.07, 6.45) is 7.78. The van der Waals surface area contributed by atoms with E-state index in [1.807, 2.05) is 6.07 Å². The largest absolute Gasteiger partial charge is 0.481 e. The number of hydrogen-bond acceptors (Lipinski definition) is 3. The van der Waals surface area contributed by atoms with Crippen LogP contribution in [0.15, 0.2) is 18.2 Å². The van der Waals surface area contributed by atoms with E-state index in [1.54, 1.807) is 13.0 Å². The van der Waals surface area contributed by atoms with Crippen molar-refractivity contribution in [2.45, 2.75) is 71.1 Å². The van der Waals surface area contributed by atoms with Gasteiger partial charge in [0.2, 0.25) is 0 Å². The molecular weight excluding hydrogens is 318 g/mol. The molecule has 0 amide bonds. The number of carboxylic acid groups (broad SMARTS) is 2. The third-order valence-electron chi connectivity index (χ3n) is 4.83. The summed E-state index contributed by atoms with van der Waals surface area (Å²) in [5.41, 5.74) is 7.51. The zero-order valence-electron chi connectivity index (χ0n) is 15.3. The number of nitrogen functional groups attached to an aromatic ring is 1. The van der Waals surface area contributed by atoms with Crippen molar-refractivity contribution >= 4 is 17.6 Å². The molecule has 0 radical (unpaired) electrons. The van der Waals surface area contributed by atoms with E-state index in [4.69, 9.17) is 10.8 Å². The number of rotatable bonds is 12. The Hall–Kier alpha value is -2.04. The van der Waals surface area contributed by atoms with E-state index in [0.717, 1.165) is 44.1 Å². The van der Waals surface area contributed by atoms with Crippen molar-refractivity contribution < 1.29 is 19.8 Å². The molecule has 2 atom stereocenters. The number of anilines is 1. The summed E-state index contributed by atoms with van der Waals surface area (Å²) >= 11 is 0. The van der Waals surface area contributed by atoms with E-state index in [0.29, 0.717) is 12.1 Å². The van der Waals surface area contributed by atoms with Crippen LogP contribution in [-0.4, -0.2) is 22.2 Å². The first-order valence-corrected chi connectivity index (χ1v) is 9.22. The van der Waals surface area contributed by atoms with Crippen molar-refractivity contribution in [1.82, 2.24) is 0 Å². The Morgan fingerprint density at radius 3 is 2.32 bits per heavy atom. The number of carbonyl (C=O) groups is 2. The molecule has 0 aliphatic rings. The number of benzene rings is 1. The highest BCUT2D eigenvalue weighted by molar-refractivity contribution is 5.94. The maximum absolute atomic E-state index is 11.3. The predicted molar refractivity (Wildman–Crippen MR) is 100.0 cm³/mol. The van der Waals surface area contributed by atoms with Gasteiger partial charge in [-0.1, -0.05) is 58.1 Å². The van der Waals surface area contributed by atoms with Gasteiger partial charge in [0.15, 0.2) is 0 Å². The minimum absolute atomic E-state index is 0.148. The number of aromatic carboxylic acids is 1. The van der Waals surface area contributed by atoms with Crippen molar-refractivity contribution in [3.05, 3.63) is 29.3 Å². The minimum atomic E-state index is -1.01. The van der Waals surface area contributed by atoms with Gasteiger partial charge < -0.3 is 15.9 Å². The Bertz CT molecular complexity index is 571. The summed E-state index contributed by atoms with van der Waals surface area (Å²) in [5, 5.41) is 18.3. The smallest absolute Gasteiger partial charge is 0.337 e. The van der Waals surface area contributed by atoms with Crippen LogP contribution < -0.4 is 5.73 Å². The number of unbranched alkanes of at least 4 members (excludes halogenated alkanes) is 3. The van der Waals surface area contributed by atoms with Gasteiger partial charge in [-0.25, -0.2) is 4.79 Å². The van der Waals surface area contributed by atoms with Gasteiger partial charge in [-0.05, 0) is 36.8 Å². The first-order valence-electron chi connectivity index (χ1n) is 9.22. The molecule has 0 bridgehead atoms. The molecule has 5 heteroatoms. The predicted octanol–water partition coefficient (Wildman–Crippen LogP) is 4.91. The second-order valence-corrected chi connectivity index (χ2v) is 6.83. The standard InChI is InChI=1S/C20H31NO4/c1-3-4-5-6-10-15(11-7-9-14(2)19(22)23)16-12-8-13-17(18(16)21)20(24)25/h8,12-15H,3-7,9-11,21H2,1-2H3,(H,22,23)(H,24,25). The van der Waals surface area contributed by atoms with Gasteiger partial charge in [0.25, 0.3) is 0 Å². The van der Waals surface area contributed by atoms with Crippen molar-refractivity contribution in [2.75, 3.05) is 5.73 Å². The van der Waals surface area contributed by atoms with Crippen LogP contribution in [0.4, 0.5) is 5.69 Å². The fourth-order valence-electron chi connectivity index (χ4n) is 3.19. The van der Waals surface area contributed by atoms with E-state index < -0.39 is 11.9 Å². The first-order chi connectivity index (χ1) is 11.9. The van der Waals surface area contributed by atoms with E-state index >= 15 is 0 Å². The van der Waals surface area contributed by atoms with E-state index in [1.165, 1.54) is 12.5 Å². The maximum atomic E-state index is 11.3. The van der Waals surface area contributed by atoms with Crippen LogP contribution in [0.25, 0.3) is 0 Å². The lowest BCUT2D eigenvalue weighted by Gasteiger charge is -2.21. The molecule has 4 N–H and O–H groups in total. The molecule has 0 aliphatic heterocycles. The molecule has 0 heterocycles. The number of para-hydroxylation sites is 1. The Morgan fingerprint density at radius 2 is 1.72 bits per heavy atom. The summed E-state index contributed by atoms with van der Waals surface area (Å²) in [6, 6.07) is 5.18. The van der Waals surface area contributed by atoms with Gasteiger partial charge in [-0.2, -0.15) is 0 Å². The Labute approximate surface area is 150 Å². The number of carboxylic acids is 2. The molecule has 0 spiro atoms. The van der Waals surface area contributed by atoms with Crippen LogP contribution in [0.3, 0.4) is 0 Å². The summed E-state index contributed by atoms with van der Waals surface area (Å²) < 4.78 is 0. The fourth-order valence-corrected chi connectivity index (χ4v) is 3.19. The molecule has 0 saturated heterocycles. The van der Waals surface area contributed by atoms with Gasteiger partial charge >= 0.3 is 11.9 Å². The molecule has 1 rings (SSSR count). The average molecular weight is 349 g/mol. The van der Waals surface area contributed by atoms with Gasteiger partial charge in [0, 0.05) is 5.69 Å². The first kappa shape index (κ1) is 21.0. The average Bonchev–Trinajstić information content (AvgIpc) is 2.57. The molecule has 140 valence electrons. The van der Waals surface area contributed by atoms with Gasteiger partial charge in [0.05, 0.1) is 11.5 Å². The lowest BCUT2D eigenvalue weighted by atomic mass is 9.85. The maximum Gasteiger partial charge on any atom is 0.337 e. The minimum Gasteiger partial charge on any atom is -0.481 e. The number of aliphatic carboxylic acids is 1. The van der Waals surface area contributed by atoms with Crippen molar-refractivity contribution in [3.8, 4) is 0 Å². The molecule has 1 aromatic carbocycles. The van der Waals surface area contributed by atoms with E-state index in [2.05, 4.69) is 6.92 Å². The monoisotopic (exact) mass is 349 g/mol. The summed E-state index contributed by atoms with van der Waals surface area (Å²) in [7, 11) is 0. The van der Waals surface area contributed by atoms with Crippen LogP contribution in [0.5, 0.6) is 0 Å². The molecule has 0 aliphatic carbocycles. The lowest BCUT2D eigenvalue weighted by molar-refractivity contribution is -0.141. The second-order valence-electron chi connectivity index (χ2n) is 6.83. The topological polar surface area (TPSA) is 101 Å². The third kappa shape index (κ3) is 6.77. The highest BCUT2D eigenvalue weighted by atomic mass is 16.4. The summed E-state index contributed by atoms with van der Waals surface area (Å²) in [5.74, 6) is -1.96. The zero-order valence-corrected chi connectivity index (χ0v) is 15.3. The Balaban J connectivity index is 2.84. The molecule has 1 aromatic rings. The highest BCUT2D eigenvalue weighted by Gasteiger charge is 2.19. The Morgan fingerprint density at radius 1 is 1.04 bits per heavy atom. The number of nitrogens with two attached hydrogens (primary N) is 1. The van der Waals surface area contributed by atoms with Crippen LogP contribution in [0.2, 0.25) is 0 Å². The van der Waals surface area contributed by atoms with Crippen molar-refractivity contribution in [2.24, 2.45) is 5.92 Å². The molecule has 2 unspecified atom stereocenters. The summed E-state index contributed by atoms with van der Waals surface area (Å²) in [4.78, 5) is 22.3. The van der Waals surface area contributed by atoms with Crippen LogP contribution >= 0.6 is 0 Å². The van der Waals surface area contributed by atoms with Crippen molar-refractivity contribution in [3.63, 3.8) is 0 Å². The normalized spacial score (nSPS) is 13.4. The molecule has 0 aromatic heterocycles. The quantitative estimate of drug-likeness (QED) is 0.367. The molecule has 25 heavy (non-hydrogen) atoms. The Kier molecular flexibility index (Phi) is 9.03. The van der Waals surface area contributed by atoms with Crippen LogP contribution in [0, 0.1) is 5.92 Å². The second kappa shape index (κ2) is 10.7. The fraction of sp³-hybridized carbons (Fsp3) is 0.600. The van der Waals surface area contributed by atoms with Crippen molar-refractivity contribution in [1.29, 1.82) is 0 Å². The highest BCUT2D eigenvalue weighted by Crippen LogP contribution is 2.34. The van der Waals surface area contributed by atoms with Gasteiger partial charge in [-0.15, -0.1) is 0 Å². The molecular formula is C20H31NO4. The van der Waals surface area contributed by atoms with Crippen LogP contribution in [-0.2, 0) is 4.79 Å². The van der Waals surface area contributed by atoms with E-state index in [9.17, 15) is 14.7 Å². The molecule has 0 saturated carbocycles. The van der Waals surface area contributed by atoms with Gasteiger partial charge in [-0.3, -0.25) is 4.79 Å². The molecule has 5 nitrogen and oxygen atoms in total. The van der Waals surface area contributed by atoms with Gasteiger partial charge in [0.1, 0.15) is 0 Å². The molecule has 0 fully saturated rings. The lowest BCUT2D eigenvalue weighted by Crippen LogP contribution is -2.11. The third-order valence-corrected chi connectivity index (χ3v) is 4.83. The van der Waals surface area contributed by atoms with E-state index in [-0.39, 0.29) is 17.4 Å². The van der Waals surface area contributed by atoms with Crippen LogP contribution in [0.1, 0.15) is 87.1 Å². The summed E-state index contributed by atoms with van der Waals surface area (Å²) in [6.45, 7) is 3.89. The number of hydrogen-bond donors (Lipinski definition) is 3. The SMILES string of the molecule is CCCCCCC(CCCC(C)C(=O)O)c1cccc(C(=O)O)c1N. The zero-order chi connectivity index (χ0) is 18.8.